The Morgan fingerprint density at radius 2 is 1.86 bits per heavy atom. The molecule has 0 fully saturated rings. The van der Waals surface area contributed by atoms with Crippen molar-refractivity contribution in [2.45, 2.75) is 13.3 Å². The number of nitrogens with one attached hydrogen (secondary N) is 1. The number of aryl methyl sites for hydroxylation is 1. The van der Waals surface area contributed by atoms with E-state index in [9.17, 15) is 4.79 Å². The summed E-state index contributed by atoms with van der Waals surface area (Å²) in [6.45, 7) is 2.12. The molecule has 0 saturated carbocycles. The van der Waals surface area contributed by atoms with Gasteiger partial charge in [-0.1, -0.05) is 0 Å². The number of hydrogen-bond acceptors (Lipinski definition) is 6. The van der Waals surface area contributed by atoms with Crippen LogP contribution in [0.4, 0.5) is 0 Å². The molecular weight excluding hydrogens is 274 g/mol. The van der Waals surface area contributed by atoms with Gasteiger partial charge in [0, 0.05) is 31.5 Å². The zero-order valence-corrected chi connectivity index (χ0v) is 12.2. The molecule has 2 rings (SSSR count). The molecule has 0 aliphatic heterocycles. The summed E-state index contributed by atoms with van der Waals surface area (Å²) in [7, 11) is 3.07. The molecule has 0 bridgehead atoms. The molecule has 1 aromatic carbocycles. The van der Waals surface area contributed by atoms with Gasteiger partial charge in [-0.2, -0.15) is 0 Å². The summed E-state index contributed by atoms with van der Waals surface area (Å²) in [5, 5.41) is 10.4. The van der Waals surface area contributed by atoms with Crippen molar-refractivity contribution in [1.29, 1.82) is 0 Å². The van der Waals surface area contributed by atoms with E-state index in [1.807, 2.05) is 0 Å². The van der Waals surface area contributed by atoms with Crippen LogP contribution < -0.4 is 14.8 Å². The first-order chi connectivity index (χ1) is 10.1. The van der Waals surface area contributed by atoms with Gasteiger partial charge in [0.05, 0.1) is 14.2 Å². The number of hydrogen-bond donors (Lipinski definition) is 1. The highest BCUT2D eigenvalue weighted by Gasteiger charge is 2.10. The van der Waals surface area contributed by atoms with E-state index in [0.29, 0.717) is 41.8 Å². The average Bonchev–Trinajstić information content (AvgIpc) is 2.92. The van der Waals surface area contributed by atoms with E-state index >= 15 is 0 Å². The number of ether oxygens (including phenoxy) is 2. The lowest BCUT2D eigenvalue weighted by molar-refractivity contribution is 0.0953. The largest absolute Gasteiger partial charge is 0.497 e. The molecule has 1 N–H and O–H groups in total. The van der Waals surface area contributed by atoms with Gasteiger partial charge in [0.15, 0.2) is 0 Å². The third kappa shape index (κ3) is 3.95. The maximum absolute atomic E-state index is 12.1. The van der Waals surface area contributed by atoms with Crippen molar-refractivity contribution >= 4 is 5.91 Å². The van der Waals surface area contributed by atoms with Gasteiger partial charge in [0.2, 0.25) is 11.8 Å². The van der Waals surface area contributed by atoms with Crippen molar-refractivity contribution in [3.63, 3.8) is 0 Å². The Labute approximate surface area is 122 Å². The highest BCUT2D eigenvalue weighted by molar-refractivity contribution is 5.95. The average molecular weight is 291 g/mol. The molecule has 0 radical (unpaired) electrons. The van der Waals surface area contributed by atoms with Crippen molar-refractivity contribution in [1.82, 2.24) is 15.5 Å². The topological polar surface area (TPSA) is 86.5 Å². The van der Waals surface area contributed by atoms with Crippen LogP contribution >= 0.6 is 0 Å². The zero-order valence-electron chi connectivity index (χ0n) is 12.2. The smallest absolute Gasteiger partial charge is 0.251 e. The molecule has 1 amide bonds. The van der Waals surface area contributed by atoms with E-state index in [-0.39, 0.29) is 5.91 Å². The second-order valence-electron chi connectivity index (χ2n) is 4.32. The van der Waals surface area contributed by atoms with Gasteiger partial charge in [-0.05, 0) is 12.1 Å². The Kier molecular flexibility index (Phi) is 4.76. The van der Waals surface area contributed by atoms with Crippen LogP contribution in [0.25, 0.3) is 0 Å². The first-order valence-corrected chi connectivity index (χ1v) is 6.42. The Bertz CT molecular complexity index is 602. The third-order valence-electron chi connectivity index (χ3n) is 2.81. The summed E-state index contributed by atoms with van der Waals surface area (Å²) in [6.07, 6.45) is 0.480. The van der Waals surface area contributed by atoms with E-state index in [4.69, 9.17) is 13.9 Å². The molecule has 0 saturated heterocycles. The number of methoxy groups -OCH3 is 2. The van der Waals surface area contributed by atoms with Crippen LogP contribution in [0.5, 0.6) is 11.5 Å². The molecule has 112 valence electrons. The van der Waals surface area contributed by atoms with Crippen LogP contribution in [0.3, 0.4) is 0 Å². The highest BCUT2D eigenvalue weighted by atomic mass is 16.5. The molecule has 0 aliphatic carbocycles. The zero-order chi connectivity index (χ0) is 15.2. The molecule has 7 heteroatoms. The lowest BCUT2D eigenvalue weighted by atomic mass is 10.2. The Balaban J connectivity index is 1.96. The van der Waals surface area contributed by atoms with Gasteiger partial charge in [-0.15, -0.1) is 10.2 Å². The van der Waals surface area contributed by atoms with E-state index in [2.05, 4.69) is 15.5 Å². The minimum Gasteiger partial charge on any atom is -0.497 e. The number of carbonyl (C=O) groups excluding carboxylic acids is 1. The monoisotopic (exact) mass is 291 g/mol. The second kappa shape index (κ2) is 6.74. The molecule has 0 atom stereocenters. The molecule has 0 aliphatic rings. The molecule has 1 heterocycles. The van der Waals surface area contributed by atoms with E-state index in [1.165, 1.54) is 14.2 Å². The molecule has 0 spiro atoms. The molecule has 7 nitrogen and oxygen atoms in total. The fourth-order valence-corrected chi connectivity index (χ4v) is 1.76. The van der Waals surface area contributed by atoms with Crippen molar-refractivity contribution in [2.24, 2.45) is 0 Å². The Morgan fingerprint density at radius 1 is 1.19 bits per heavy atom. The molecule has 2 aromatic rings. The van der Waals surface area contributed by atoms with Crippen molar-refractivity contribution < 1.29 is 18.7 Å². The second-order valence-corrected chi connectivity index (χ2v) is 4.32. The van der Waals surface area contributed by atoms with Crippen molar-refractivity contribution in [3.05, 3.63) is 35.5 Å². The quantitative estimate of drug-likeness (QED) is 0.865. The predicted octanol–water partition coefficient (Wildman–Crippen LogP) is 1.37. The van der Waals surface area contributed by atoms with Crippen LogP contribution in [0.1, 0.15) is 22.1 Å². The minimum atomic E-state index is -0.219. The molecule has 0 unspecified atom stereocenters. The fourth-order valence-electron chi connectivity index (χ4n) is 1.76. The van der Waals surface area contributed by atoms with E-state index in [0.717, 1.165) is 0 Å². The normalized spacial score (nSPS) is 10.2. The summed E-state index contributed by atoms with van der Waals surface area (Å²) in [5.74, 6) is 1.91. The molecule has 1 aromatic heterocycles. The van der Waals surface area contributed by atoms with Gasteiger partial charge in [-0.3, -0.25) is 4.79 Å². The summed E-state index contributed by atoms with van der Waals surface area (Å²) in [6, 6.07) is 5.00. The number of amides is 1. The van der Waals surface area contributed by atoms with Crippen LogP contribution in [0.15, 0.2) is 22.6 Å². The van der Waals surface area contributed by atoms with Gasteiger partial charge < -0.3 is 19.2 Å². The first kappa shape index (κ1) is 14.8. The van der Waals surface area contributed by atoms with Crippen LogP contribution in [0.2, 0.25) is 0 Å². The minimum absolute atomic E-state index is 0.219. The van der Waals surface area contributed by atoms with E-state index < -0.39 is 0 Å². The summed E-state index contributed by atoms with van der Waals surface area (Å²) < 4.78 is 15.5. The molecule has 21 heavy (non-hydrogen) atoms. The number of aromatic nitrogens is 2. The highest BCUT2D eigenvalue weighted by Crippen LogP contribution is 2.22. The number of carbonyl (C=O) groups is 1. The van der Waals surface area contributed by atoms with Crippen LogP contribution in [-0.2, 0) is 6.42 Å². The van der Waals surface area contributed by atoms with Gasteiger partial charge in [-0.25, -0.2) is 0 Å². The van der Waals surface area contributed by atoms with Gasteiger partial charge >= 0.3 is 0 Å². The maximum atomic E-state index is 12.1. The maximum Gasteiger partial charge on any atom is 0.251 e. The number of rotatable bonds is 6. The lowest BCUT2D eigenvalue weighted by Gasteiger charge is -2.08. The van der Waals surface area contributed by atoms with Crippen LogP contribution in [-0.4, -0.2) is 36.9 Å². The standard InChI is InChI=1S/C14H17N3O4/c1-9-16-17-13(21-9)4-5-15-14(18)10-6-11(19-2)8-12(7-10)20-3/h6-8H,4-5H2,1-3H3,(H,15,18). The summed E-state index contributed by atoms with van der Waals surface area (Å²) >= 11 is 0. The van der Waals surface area contributed by atoms with Gasteiger partial charge in [0.1, 0.15) is 11.5 Å². The predicted molar refractivity (Wildman–Crippen MR) is 74.6 cm³/mol. The Hall–Kier alpha value is -2.57. The first-order valence-electron chi connectivity index (χ1n) is 6.42. The SMILES string of the molecule is COc1cc(OC)cc(C(=O)NCCc2nnc(C)o2)c1. The lowest BCUT2D eigenvalue weighted by Crippen LogP contribution is -2.25. The van der Waals surface area contributed by atoms with Crippen LogP contribution in [0, 0.1) is 6.92 Å². The summed E-state index contributed by atoms with van der Waals surface area (Å²) in [4.78, 5) is 12.1. The number of nitrogens with zero attached hydrogens (tertiary/aromatic N) is 2. The summed E-state index contributed by atoms with van der Waals surface area (Å²) in [5.41, 5.74) is 0.466. The Morgan fingerprint density at radius 3 is 2.38 bits per heavy atom. The fraction of sp³-hybridized carbons (Fsp3) is 0.357. The van der Waals surface area contributed by atoms with Crippen molar-refractivity contribution in [3.8, 4) is 11.5 Å². The third-order valence-corrected chi connectivity index (χ3v) is 2.81. The number of benzene rings is 1. The van der Waals surface area contributed by atoms with E-state index in [1.54, 1.807) is 25.1 Å². The molecular formula is C14H17N3O4. The van der Waals surface area contributed by atoms with Gasteiger partial charge in [0.25, 0.3) is 5.91 Å². The van der Waals surface area contributed by atoms with Crippen molar-refractivity contribution in [2.75, 3.05) is 20.8 Å².